The van der Waals surface area contributed by atoms with E-state index < -0.39 is 0 Å². The Balaban J connectivity index is 1.25. The number of fused-ring (bicyclic) bond motifs is 5. The second-order valence-electron chi connectivity index (χ2n) is 12.9. The van der Waals surface area contributed by atoms with Gasteiger partial charge in [0.25, 0.3) is 0 Å². The molecule has 2 heteroatoms. The van der Waals surface area contributed by atoms with E-state index in [-0.39, 0.29) is 6.04 Å². The zero-order valence-electron chi connectivity index (χ0n) is 26.8. The molecule has 230 valence electrons. The van der Waals surface area contributed by atoms with Crippen molar-refractivity contribution in [2.45, 2.75) is 24.8 Å². The summed E-state index contributed by atoms with van der Waals surface area (Å²) < 4.78 is 2.47. The van der Waals surface area contributed by atoms with E-state index in [1.165, 1.54) is 66.3 Å². The molecular weight excluding hydrogens is 581 g/mol. The largest absolute Gasteiger partial charge is 0.334 e. The van der Waals surface area contributed by atoms with Gasteiger partial charge in [-0.25, -0.2) is 0 Å². The van der Waals surface area contributed by atoms with Crippen LogP contribution in [-0.2, 0) is 0 Å². The molecule has 1 aromatic heterocycles. The van der Waals surface area contributed by atoms with Gasteiger partial charge < -0.3 is 9.47 Å². The predicted molar refractivity (Wildman–Crippen MR) is 204 cm³/mol. The van der Waals surface area contributed by atoms with Crippen molar-refractivity contribution in [1.29, 1.82) is 0 Å². The van der Waals surface area contributed by atoms with E-state index >= 15 is 0 Å². The summed E-state index contributed by atoms with van der Waals surface area (Å²) in [7, 11) is 0. The molecule has 48 heavy (non-hydrogen) atoms. The number of aromatic nitrogens is 1. The van der Waals surface area contributed by atoms with Crippen LogP contribution in [0.5, 0.6) is 0 Å². The molecule has 2 aliphatic rings. The molecule has 6 aromatic carbocycles. The van der Waals surface area contributed by atoms with E-state index in [1.54, 1.807) is 0 Å². The van der Waals surface area contributed by atoms with Crippen LogP contribution in [0.15, 0.2) is 182 Å². The number of hydrogen-bond donors (Lipinski definition) is 0. The van der Waals surface area contributed by atoms with Gasteiger partial charge in [0.05, 0.1) is 17.1 Å². The van der Waals surface area contributed by atoms with Crippen molar-refractivity contribution >= 4 is 49.5 Å². The maximum Gasteiger partial charge on any atom is 0.0619 e. The fraction of sp³-hybridized carbons (Fsp3) is 0.0870. The molecule has 9 rings (SSSR count). The third-order valence-electron chi connectivity index (χ3n) is 10.0. The molecule has 0 aliphatic heterocycles. The summed E-state index contributed by atoms with van der Waals surface area (Å²) in [5.74, 6) is 0.384. The first-order valence-electron chi connectivity index (χ1n) is 17.0. The van der Waals surface area contributed by atoms with Crippen molar-refractivity contribution in [3.8, 4) is 5.69 Å². The summed E-state index contributed by atoms with van der Waals surface area (Å²) in [6.07, 6.45) is 17.8. The number of benzene rings is 6. The maximum atomic E-state index is 2.56. The monoisotopic (exact) mass is 616 g/mol. The van der Waals surface area contributed by atoms with Crippen molar-refractivity contribution in [3.05, 3.63) is 193 Å². The lowest BCUT2D eigenvalue weighted by Crippen LogP contribution is -2.31. The minimum absolute atomic E-state index is 0.148. The van der Waals surface area contributed by atoms with E-state index in [0.29, 0.717) is 5.92 Å². The summed E-state index contributed by atoms with van der Waals surface area (Å²) in [6, 6.07) is 51.4. The second-order valence-corrected chi connectivity index (χ2v) is 12.9. The standard InChI is InChI=1S/C46H36N2/c1-4-14-33(15-5-1)36-19-12-23-39(30-36)47(40-24-13-20-37(31-40)34-16-6-2-7-17-34)41-27-29-43-44-28-26-35-18-10-11-25-42(35)46(44)48(45(43)32-41)38-21-8-3-9-22-38/h1-16,18-29,31-32,34,39H,17,30H2. The first-order valence-corrected chi connectivity index (χ1v) is 17.0. The Hall–Kier alpha value is -5.86. The Morgan fingerprint density at radius 1 is 0.583 bits per heavy atom. The minimum atomic E-state index is 0.148. The minimum Gasteiger partial charge on any atom is -0.334 e. The van der Waals surface area contributed by atoms with E-state index in [1.807, 2.05) is 0 Å². The Bertz CT molecular complexity index is 2410. The molecular formula is C46H36N2. The zero-order valence-corrected chi connectivity index (χ0v) is 26.8. The van der Waals surface area contributed by atoms with Crippen molar-refractivity contribution in [2.75, 3.05) is 4.90 Å². The van der Waals surface area contributed by atoms with Gasteiger partial charge in [0.2, 0.25) is 0 Å². The lowest BCUT2D eigenvalue weighted by molar-refractivity contribution is 0.792. The van der Waals surface area contributed by atoms with E-state index in [4.69, 9.17) is 0 Å². The first kappa shape index (κ1) is 28.4. The fourth-order valence-corrected chi connectivity index (χ4v) is 7.73. The lowest BCUT2D eigenvalue weighted by atomic mass is 9.91. The van der Waals surface area contributed by atoms with E-state index in [0.717, 1.165) is 12.8 Å². The highest BCUT2D eigenvalue weighted by molar-refractivity contribution is 6.19. The van der Waals surface area contributed by atoms with Crippen LogP contribution in [0.3, 0.4) is 0 Å². The van der Waals surface area contributed by atoms with Gasteiger partial charge in [-0.2, -0.15) is 0 Å². The highest BCUT2D eigenvalue weighted by Gasteiger charge is 2.25. The average Bonchev–Trinajstić information content (AvgIpc) is 3.50. The Morgan fingerprint density at radius 2 is 1.38 bits per heavy atom. The Labute approximate surface area is 281 Å². The van der Waals surface area contributed by atoms with Crippen LogP contribution in [0.25, 0.3) is 43.8 Å². The number of rotatable bonds is 6. The van der Waals surface area contributed by atoms with Gasteiger partial charge in [-0.05, 0) is 71.3 Å². The van der Waals surface area contributed by atoms with Crippen molar-refractivity contribution in [2.24, 2.45) is 0 Å². The molecule has 0 N–H and O–H groups in total. The molecule has 2 atom stereocenters. The zero-order chi connectivity index (χ0) is 31.9. The lowest BCUT2D eigenvalue weighted by Gasteiger charge is -2.35. The molecule has 1 heterocycles. The summed E-state index contributed by atoms with van der Waals surface area (Å²) in [4.78, 5) is 2.56. The van der Waals surface area contributed by atoms with Crippen molar-refractivity contribution < 1.29 is 0 Å². The number of hydrogen-bond acceptors (Lipinski definition) is 1. The molecule has 2 aliphatic carbocycles. The molecule has 0 spiro atoms. The van der Waals surface area contributed by atoms with Gasteiger partial charge in [-0.3, -0.25) is 0 Å². The smallest absolute Gasteiger partial charge is 0.0619 e. The van der Waals surface area contributed by atoms with Gasteiger partial charge in [-0.15, -0.1) is 0 Å². The van der Waals surface area contributed by atoms with Crippen LogP contribution in [0.2, 0.25) is 0 Å². The highest BCUT2D eigenvalue weighted by Crippen LogP contribution is 2.42. The average molecular weight is 617 g/mol. The van der Waals surface area contributed by atoms with Gasteiger partial charge in [0.15, 0.2) is 0 Å². The highest BCUT2D eigenvalue weighted by atomic mass is 15.2. The summed E-state index contributed by atoms with van der Waals surface area (Å²) >= 11 is 0. The van der Waals surface area contributed by atoms with Crippen LogP contribution >= 0.6 is 0 Å². The molecule has 0 bridgehead atoms. The van der Waals surface area contributed by atoms with Crippen LogP contribution in [0, 0.1) is 0 Å². The van der Waals surface area contributed by atoms with Gasteiger partial charge >= 0.3 is 0 Å². The fourth-order valence-electron chi connectivity index (χ4n) is 7.73. The third kappa shape index (κ3) is 4.98. The normalized spacial score (nSPS) is 17.3. The molecule has 2 unspecified atom stereocenters. The van der Waals surface area contributed by atoms with E-state index in [9.17, 15) is 0 Å². The summed E-state index contributed by atoms with van der Waals surface area (Å²) in [5.41, 5.74) is 10.0. The molecule has 2 nitrogen and oxygen atoms in total. The molecule has 0 saturated carbocycles. The SMILES string of the molecule is C1=CCC(c2cccc(N(c3ccc4c5ccc6ccccc6c5n(-c5ccccc5)c4c3)C3C=CC=C(c4ccccc4)C3)c2)C=C1. The van der Waals surface area contributed by atoms with Crippen molar-refractivity contribution in [1.82, 2.24) is 4.57 Å². The van der Waals surface area contributed by atoms with Gasteiger partial charge in [0.1, 0.15) is 0 Å². The number of allylic oxidation sites excluding steroid dienone is 6. The van der Waals surface area contributed by atoms with Crippen LogP contribution in [-0.4, -0.2) is 10.6 Å². The van der Waals surface area contributed by atoms with Gasteiger partial charge in [0, 0.05) is 39.1 Å². The van der Waals surface area contributed by atoms with Gasteiger partial charge in [-0.1, -0.05) is 146 Å². The van der Waals surface area contributed by atoms with Crippen molar-refractivity contribution in [3.63, 3.8) is 0 Å². The molecule has 0 radical (unpaired) electrons. The van der Waals surface area contributed by atoms with Crippen LogP contribution in [0.1, 0.15) is 29.9 Å². The Kier molecular flexibility index (Phi) is 7.13. The summed E-state index contributed by atoms with van der Waals surface area (Å²) in [6.45, 7) is 0. The number of anilines is 2. The van der Waals surface area contributed by atoms with Crippen LogP contribution in [0.4, 0.5) is 11.4 Å². The number of nitrogens with zero attached hydrogens (tertiary/aromatic N) is 2. The molecule has 7 aromatic rings. The quantitative estimate of drug-likeness (QED) is 0.180. The molecule has 0 fully saturated rings. The topological polar surface area (TPSA) is 8.17 Å². The summed E-state index contributed by atoms with van der Waals surface area (Å²) in [5, 5.41) is 5.06. The Morgan fingerprint density at radius 3 is 2.23 bits per heavy atom. The van der Waals surface area contributed by atoms with E-state index in [2.05, 4.69) is 192 Å². The molecule has 0 amide bonds. The number of para-hydroxylation sites is 1. The predicted octanol–water partition coefficient (Wildman–Crippen LogP) is 12.1. The molecule has 0 saturated heterocycles. The second kappa shape index (κ2) is 12.1. The van der Waals surface area contributed by atoms with Crippen LogP contribution < -0.4 is 4.90 Å². The third-order valence-corrected chi connectivity index (χ3v) is 10.0. The maximum absolute atomic E-state index is 2.56. The first-order chi connectivity index (χ1) is 23.8.